The molecule has 2 fully saturated rings. The van der Waals surface area contributed by atoms with Crippen LogP contribution in [0.15, 0.2) is 30.5 Å². The molecule has 7 heteroatoms. The highest BCUT2D eigenvalue weighted by molar-refractivity contribution is 7.99. The summed E-state index contributed by atoms with van der Waals surface area (Å²) in [7, 11) is 3.70. The monoisotopic (exact) mass is 513 g/mol. The number of ether oxygens (including phenoxy) is 1. The maximum atomic E-state index is 11.7. The number of benzene rings is 1. The van der Waals surface area contributed by atoms with Crippen LogP contribution >= 0.6 is 11.8 Å². The van der Waals surface area contributed by atoms with Gasteiger partial charge in [-0.2, -0.15) is 11.8 Å². The van der Waals surface area contributed by atoms with Crippen molar-refractivity contribution >= 4 is 28.6 Å². The molecule has 2 aliphatic rings. The molecule has 1 aromatic carbocycles. The largest absolute Gasteiger partial charge is 0.497 e. The summed E-state index contributed by atoms with van der Waals surface area (Å²) in [6, 6.07) is 8.32. The number of carboxylic acid groups (broad SMARTS) is 1. The first-order chi connectivity index (χ1) is 17.6. The number of piperidine rings is 1. The van der Waals surface area contributed by atoms with Gasteiger partial charge in [0.25, 0.3) is 0 Å². The van der Waals surface area contributed by atoms with Crippen molar-refractivity contribution in [3.8, 4) is 5.75 Å². The summed E-state index contributed by atoms with van der Waals surface area (Å²) in [6.07, 6.45) is 12.2. The number of carbonyl (C=O) groups is 1. The summed E-state index contributed by atoms with van der Waals surface area (Å²) in [5.41, 5.74) is 2.20. The van der Waals surface area contributed by atoms with Gasteiger partial charge in [-0.25, -0.2) is 0 Å². The molecule has 0 amide bonds. The molecule has 198 valence electrons. The van der Waals surface area contributed by atoms with E-state index in [1.165, 1.54) is 43.4 Å². The molecule has 2 aromatic rings. The van der Waals surface area contributed by atoms with Crippen molar-refractivity contribution in [2.24, 2.45) is 11.8 Å². The number of pyridine rings is 1. The number of nitrogens with one attached hydrogen (secondary N) is 1. The van der Waals surface area contributed by atoms with E-state index in [0.29, 0.717) is 5.92 Å². The minimum absolute atomic E-state index is 0.193. The average Bonchev–Trinajstić information content (AvgIpc) is 2.90. The van der Waals surface area contributed by atoms with Gasteiger partial charge in [0, 0.05) is 48.1 Å². The third kappa shape index (κ3) is 7.36. The van der Waals surface area contributed by atoms with Gasteiger partial charge >= 0.3 is 5.97 Å². The Balaban J connectivity index is 1.35. The van der Waals surface area contributed by atoms with Crippen LogP contribution in [0.2, 0.25) is 0 Å². The van der Waals surface area contributed by atoms with E-state index in [1.807, 2.05) is 25.4 Å². The van der Waals surface area contributed by atoms with Crippen LogP contribution in [0.3, 0.4) is 0 Å². The van der Waals surface area contributed by atoms with Gasteiger partial charge in [-0.05, 0) is 87.4 Å². The summed E-state index contributed by atoms with van der Waals surface area (Å²) in [5, 5.41) is 15.1. The number of thioether (sulfide) groups is 1. The van der Waals surface area contributed by atoms with Gasteiger partial charge in [0.1, 0.15) is 5.75 Å². The van der Waals surface area contributed by atoms with E-state index >= 15 is 0 Å². The third-order valence-electron chi connectivity index (χ3n) is 8.26. The summed E-state index contributed by atoms with van der Waals surface area (Å²) < 4.78 is 5.46. The lowest BCUT2D eigenvalue weighted by atomic mass is 9.79. The minimum atomic E-state index is -0.666. The van der Waals surface area contributed by atoms with Crippen molar-refractivity contribution in [3.05, 3.63) is 36.0 Å². The fraction of sp³-hybridized carbons (Fsp3) is 0.655. The number of aromatic nitrogens is 1. The topological polar surface area (TPSA) is 74.7 Å². The van der Waals surface area contributed by atoms with E-state index in [4.69, 9.17) is 4.74 Å². The zero-order chi connectivity index (χ0) is 25.3. The van der Waals surface area contributed by atoms with E-state index in [2.05, 4.69) is 39.1 Å². The van der Waals surface area contributed by atoms with Crippen molar-refractivity contribution in [2.45, 2.75) is 69.1 Å². The lowest BCUT2D eigenvalue weighted by Crippen LogP contribution is -2.42. The molecule has 36 heavy (non-hydrogen) atoms. The minimum Gasteiger partial charge on any atom is -0.497 e. The Morgan fingerprint density at radius 1 is 1.22 bits per heavy atom. The molecule has 2 heterocycles. The maximum absolute atomic E-state index is 11.7. The van der Waals surface area contributed by atoms with Crippen molar-refractivity contribution in [3.63, 3.8) is 0 Å². The Kier molecular flexibility index (Phi) is 10.3. The molecule has 4 rings (SSSR count). The number of carboxylic acids is 1. The lowest BCUT2D eigenvalue weighted by molar-refractivity contribution is -0.139. The van der Waals surface area contributed by atoms with Gasteiger partial charge in [-0.3, -0.25) is 9.78 Å². The molecule has 6 nitrogen and oxygen atoms in total. The predicted octanol–water partition coefficient (Wildman–Crippen LogP) is 5.76. The average molecular weight is 514 g/mol. The van der Waals surface area contributed by atoms with Gasteiger partial charge < -0.3 is 20.1 Å². The number of rotatable bonds is 12. The fourth-order valence-electron chi connectivity index (χ4n) is 6.19. The quantitative estimate of drug-likeness (QED) is 0.374. The maximum Gasteiger partial charge on any atom is 0.303 e. The normalized spacial score (nSPS) is 22.5. The zero-order valence-corrected chi connectivity index (χ0v) is 22.8. The van der Waals surface area contributed by atoms with Crippen LogP contribution < -0.4 is 10.1 Å². The van der Waals surface area contributed by atoms with E-state index in [-0.39, 0.29) is 18.4 Å². The summed E-state index contributed by atoms with van der Waals surface area (Å²) >= 11 is 2.14. The van der Waals surface area contributed by atoms with Crippen LogP contribution in [0.1, 0.15) is 69.4 Å². The number of aliphatic carboxylic acids is 1. The van der Waals surface area contributed by atoms with Crippen molar-refractivity contribution in [2.75, 3.05) is 39.5 Å². The Labute approximate surface area is 220 Å². The molecule has 1 aliphatic heterocycles. The van der Waals surface area contributed by atoms with Crippen LogP contribution in [0, 0.1) is 11.8 Å². The molecule has 1 aromatic heterocycles. The highest BCUT2D eigenvalue weighted by Gasteiger charge is 2.31. The number of likely N-dealkylation sites (tertiary alicyclic amines) is 1. The Hall–Kier alpha value is -1.83. The molecular formula is C29H43N3O3S. The Bertz CT molecular complexity index is 981. The van der Waals surface area contributed by atoms with Crippen molar-refractivity contribution in [1.29, 1.82) is 0 Å². The molecule has 1 saturated carbocycles. The second-order valence-corrected chi connectivity index (χ2v) is 11.9. The van der Waals surface area contributed by atoms with E-state index < -0.39 is 5.97 Å². The van der Waals surface area contributed by atoms with Crippen LogP contribution in [0.4, 0.5) is 0 Å². The molecule has 0 radical (unpaired) electrons. The second-order valence-electron chi connectivity index (χ2n) is 10.5. The summed E-state index contributed by atoms with van der Waals surface area (Å²) in [5.74, 6) is 2.02. The highest BCUT2D eigenvalue weighted by atomic mass is 32.2. The van der Waals surface area contributed by atoms with Crippen LogP contribution in [-0.4, -0.2) is 65.8 Å². The van der Waals surface area contributed by atoms with Gasteiger partial charge in [0.05, 0.1) is 12.6 Å². The van der Waals surface area contributed by atoms with Crippen LogP contribution in [0.25, 0.3) is 10.9 Å². The van der Waals surface area contributed by atoms with E-state index in [1.54, 1.807) is 7.11 Å². The molecule has 1 saturated heterocycles. The van der Waals surface area contributed by atoms with Gasteiger partial charge in [-0.15, -0.1) is 0 Å². The summed E-state index contributed by atoms with van der Waals surface area (Å²) in [6.45, 7) is 3.10. The van der Waals surface area contributed by atoms with Crippen molar-refractivity contribution in [1.82, 2.24) is 15.2 Å². The lowest BCUT2D eigenvalue weighted by Gasteiger charge is -2.39. The smallest absolute Gasteiger partial charge is 0.303 e. The molecule has 0 bridgehead atoms. The predicted molar refractivity (Wildman–Crippen MR) is 149 cm³/mol. The third-order valence-corrected chi connectivity index (χ3v) is 9.62. The van der Waals surface area contributed by atoms with Gasteiger partial charge in [0.15, 0.2) is 0 Å². The molecule has 2 N–H and O–H groups in total. The Morgan fingerprint density at radius 3 is 2.81 bits per heavy atom. The van der Waals surface area contributed by atoms with E-state index in [0.717, 1.165) is 60.8 Å². The first-order valence-electron chi connectivity index (χ1n) is 13.7. The molecule has 1 aliphatic carbocycles. The second kappa shape index (κ2) is 13.6. The fourth-order valence-corrected chi connectivity index (χ4v) is 7.55. The molecule has 0 unspecified atom stereocenters. The zero-order valence-electron chi connectivity index (χ0n) is 22.0. The molecular weight excluding hydrogens is 470 g/mol. The molecule has 0 spiro atoms. The van der Waals surface area contributed by atoms with Gasteiger partial charge in [0.2, 0.25) is 0 Å². The number of nitrogens with zero attached hydrogens (tertiary/aromatic N) is 2. The van der Waals surface area contributed by atoms with Crippen LogP contribution in [0.5, 0.6) is 5.75 Å². The highest BCUT2D eigenvalue weighted by Crippen LogP contribution is 2.35. The number of hydrogen-bond donors (Lipinski definition) is 2. The number of fused-ring (bicyclic) bond motifs is 1. The summed E-state index contributed by atoms with van der Waals surface area (Å²) in [4.78, 5) is 18.8. The first-order valence-corrected chi connectivity index (χ1v) is 14.8. The van der Waals surface area contributed by atoms with E-state index in [9.17, 15) is 9.90 Å². The van der Waals surface area contributed by atoms with Crippen LogP contribution in [-0.2, 0) is 4.79 Å². The number of hydrogen-bond acceptors (Lipinski definition) is 6. The Morgan fingerprint density at radius 2 is 2.06 bits per heavy atom. The molecule has 3 atom stereocenters. The first kappa shape index (κ1) is 27.2. The number of methoxy groups -OCH3 is 1. The van der Waals surface area contributed by atoms with Crippen molar-refractivity contribution < 1.29 is 14.6 Å². The SMILES string of the molecule is CN[C@@H](CC[C@@H]1CCN(CCSC2CCCCC2)C[C@@H]1CC(=O)O)c1ccnc2ccc(OC)cc12. The standard InChI is InChI=1S/C29H43N3O3S/c1-30-27(25-12-14-31-28-11-9-23(35-2)19-26(25)28)10-8-21-13-15-32(20-22(21)18-29(33)34)16-17-36-24-6-4-3-5-7-24/h9,11-12,14,19,21-22,24,27,30H,3-8,10,13,15-18,20H2,1-2H3,(H,33,34)/t21-,22+,27+/m1/s1. The van der Waals surface area contributed by atoms with Gasteiger partial charge in [-0.1, -0.05) is 19.3 Å².